The second kappa shape index (κ2) is 3.87. The number of hydrogen-bond acceptors (Lipinski definition) is 0. The summed E-state index contributed by atoms with van der Waals surface area (Å²) < 4.78 is 0. The van der Waals surface area contributed by atoms with Crippen molar-refractivity contribution in [2.75, 3.05) is 0 Å². The molecule has 0 spiro atoms. The molecule has 0 aromatic carbocycles. The van der Waals surface area contributed by atoms with Crippen LogP contribution in [0.5, 0.6) is 0 Å². The average Bonchev–Trinajstić information content (AvgIpc) is 2.01. The van der Waals surface area contributed by atoms with Crippen LogP contribution >= 0.6 is 0 Å². The topological polar surface area (TPSA) is 0 Å². The first kappa shape index (κ1) is 12.1. The van der Waals surface area contributed by atoms with Crippen LogP contribution in [-0.2, 0) is 0 Å². The highest BCUT2D eigenvalue weighted by Crippen LogP contribution is 2.48. The van der Waals surface area contributed by atoms with Gasteiger partial charge in [0.1, 0.15) is 0 Å². The lowest BCUT2D eigenvalue weighted by molar-refractivity contribution is 0.0335. The van der Waals surface area contributed by atoms with Crippen molar-refractivity contribution in [3.8, 4) is 0 Å². The van der Waals surface area contributed by atoms with E-state index in [2.05, 4.69) is 41.5 Å². The second-order valence-corrected chi connectivity index (χ2v) is 7.23. The van der Waals surface area contributed by atoms with Crippen molar-refractivity contribution in [1.82, 2.24) is 0 Å². The lowest BCUT2D eigenvalue weighted by Gasteiger charge is -2.46. The summed E-state index contributed by atoms with van der Waals surface area (Å²) in [5.74, 6) is 1.85. The van der Waals surface area contributed by atoms with Gasteiger partial charge in [-0.25, -0.2) is 0 Å². The molecule has 1 aliphatic carbocycles. The molecule has 0 aromatic rings. The Labute approximate surface area is 90.5 Å². The Hall–Kier alpha value is 0. The van der Waals surface area contributed by atoms with Crippen molar-refractivity contribution < 1.29 is 0 Å². The molecule has 1 aliphatic rings. The summed E-state index contributed by atoms with van der Waals surface area (Å²) in [6.45, 7) is 14.5. The molecule has 14 heavy (non-hydrogen) atoms. The van der Waals surface area contributed by atoms with Crippen LogP contribution in [0.25, 0.3) is 0 Å². The minimum Gasteiger partial charge on any atom is -0.0599 e. The predicted octanol–water partition coefficient (Wildman–Crippen LogP) is 4.89. The highest BCUT2D eigenvalue weighted by atomic mass is 14.4. The van der Waals surface area contributed by atoms with Crippen LogP contribution in [0.3, 0.4) is 0 Å². The number of rotatable bonds is 0. The van der Waals surface area contributed by atoms with Crippen LogP contribution in [-0.4, -0.2) is 0 Å². The van der Waals surface area contributed by atoms with Crippen LogP contribution in [0.2, 0.25) is 0 Å². The van der Waals surface area contributed by atoms with Gasteiger partial charge in [0.2, 0.25) is 0 Å². The molecule has 84 valence electrons. The van der Waals surface area contributed by atoms with E-state index < -0.39 is 0 Å². The van der Waals surface area contributed by atoms with E-state index in [1.807, 2.05) is 0 Å². The number of hydrogen-bond donors (Lipinski definition) is 0. The summed E-state index contributed by atoms with van der Waals surface area (Å²) in [6.07, 6.45) is 5.81. The smallest absolute Gasteiger partial charge is 0.0332 e. The van der Waals surface area contributed by atoms with Gasteiger partial charge >= 0.3 is 0 Å². The van der Waals surface area contributed by atoms with Gasteiger partial charge in [0.05, 0.1) is 0 Å². The third kappa shape index (κ3) is 2.74. The second-order valence-electron chi connectivity index (χ2n) is 7.23. The summed E-state index contributed by atoms with van der Waals surface area (Å²) in [5, 5.41) is 0. The third-order valence-electron chi connectivity index (χ3n) is 3.99. The first-order chi connectivity index (χ1) is 6.23. The van der Waals surface area contributed by atoms with E-state index in [-0.39, 0.29) is 0 Å². The van der Waals surface area contributed by atoms with Gasteiger partial charge in [0, 0.05) is 0 Å². The molecule has 1 unspecified atom stereocenters. The van der Waals surface area contributed by atoms with Gasteiger partial charge in [-0.3, -0.25) is 0 Å². The SMILES string of the molecule is CC(C)(C)C1CCCC[C@H]1C(C)(C)C. The minimum atomic E-state index is 0.498. The van der Waals surface area contributed by atoms with Crippen LogP contribution in [0.1, 0.15) is 67.2 Å². The molecule has 0 aromatic heterocycles. The first-order valence-corrected chi connectivity index (χ1v) is 6.23. The van der Waals surface area contributed by atoms with Gasteiger partial charge < -0.3 is 0 Å². The fraction of sp³-hybridized carbons (Fsp3) is 1.00. The van der Waals surface area contributed by atoms with Gasteiger partial charge in [-0.1, -0.05) is 54.4 Å². The van der Waals surface area contributed by atoms with Crippen LogP contribution in [0, 0.1) is 22.7 Å². The van der Waals surface area contributed by atoms with Crippen molar-refractivity contribution in [2.24, 2.45) is 22.7 Å². The Balaban J connectivity index is 2.80. The van der Waals surface area contributed by atoms with Gasteiger partial charge in [-0.05, 0) is 35.5 Å². The summed E-state index contributed by atoms with van der Waals surface area (Å²) in [6, 6.07) is 0. The van der Waals surface area contributed by atoms with Gasteiger partial charge in [-0.15, -0.1) is 0 Å². The van der Waals surface area contributed by atoms with E-state index in [1.165, 1.54) is 25.7 Å². The fourth-order valence-corrected chi connectivity index (χ4v) is 3.20. The molecule has 0 heterocycles. The Morgan fingerprint density at radius 2 is 0.929 bits per heavy atom. The molecule has 0 nitrogen and oxygen atoms in total. The zero-order valence-corrected chi connectivity index (χ0v) is 11.0. The van der Waals surface area contributed by atoms with Crippen molar-refractivity contribution in [2.45, 2.75) is 67.2 Å². The van der Waals surface area contributed by atoms with Crippen molar-refractivity contribution >= 4 is 0 Å². The Morgan fingerprint density at radius 1 is 0.643 bits per heavy atom. The lowest BCUT2D eigenvalue weighted by Crippen LogP contribution is -2.38. The molecule has 1 fully saturated rings. The Morgan fingerprint density at radius 3 is 1.14 bits per heavy atom. The quantitative estimate of drug-likeness (QED) is 0.518. The maximum Gasteiger partial charge on any atom is -0.0332 e. The molecule has 2 atom stereocenters. The zero-order chi connectivity index (χ0) is 11.0. The largest absolute Gasteiger partial charge is 0.0599 e. The molecule has 0 heteroatoms. The maximum absolute atomic E-state index is 2.42. The van der Waals surface area contributed by atoms with Gasteiger partial charge in [-0.2, -0.15) is 0 Å². The van der Waals surface area contributed by atoms with Gasteiger partial charge in [0.25, 0.3) is 0 Å². The Kier molecular flexibility index (Phi) is 3.33. The Bertz CT molecular complexity index is 155. The molecule has 0 bridgehead atoms. The van der Waals surface area contributed by atoms with Crippen LogP contribution in [0.4, 0.5) is 0 Å². The highest BCUT2D eigenvalue weighted by molar-refractivity contribution is 4.89. The van der Waals surface area contributed by atoms with Crippen molar-refractivity contribution in [3.63, 3.8) is 0 Å². The van der Waals surface area contributed by atoms with E-state index in [0.29, 0.717) is 10.8 Å². The maximum atomic E-state index is 2.42. The zero-order valence-electron chi connectivity index (χ0n) is 11.0. The molecule has 1 saturated carbocycles. The van der Waals surface area contributed by atoms with E-state index in [9.17, 15) is 0 Å². The van der Waals surface area contributed by atoms with E-state index in [0.717, 1.165) is 11.8 Å². The fourth-order valence-electron chi connectivity index (χ4n) is 3.20. The molecular weight excluding hydrogens is 168 g/mol. The predicted molar refractivity (Wildman–Crippen MR) is 64.4 cm³/mol. The van der Waals surface area contributed by atoms with E-state index >= 15 is 0 Å². The summed E-state index contributed by atoms with van der Waals surface area (Å²) in [4.78, 5) is 0. The van der Waals surface area contributed by atoms with Crippen LogP contribution in [0.15, 0.2) is 0 Å². The summed E-state index contributed by atoms with van der Waals surface area (Å²) >= 11 is 0. The van der Waals surface area contributed by atoms with Crippen molar-refractivity contribution in [3.05, 3.63) is 0 Å². The molecule has 0 amide bonds. The average molecular weight is 196 g/mol. The molecule has 0 radical (unpaired) electrons. The lowest BCUT2D eigenvalue weighted by atomic mass is 9.59. The van der Waals surface area contributed by atoms with E-state index in [1.54, 1.807) is 0 Å². The molecular formula is C14H28. The molecule has 1 rings (SSSR count). The van der Waals surface area contributed by atoms with Gasteiger partial charge in [0.15, 0.2) is 0 Å². The van der Waals surface area contributed by atoms with Crippen LogP contribution < -0.4 is 0 Å². The normalized spacial score (nSPS) is 30.4. The first-order valence-electron chi connectivity index (χ1n) is 6.23. The summed E-state index contributed by atoms with van der Waals surface area (Å²) in [7, 11) is 0. The summed E-state index contributed by atoms with van der Waals surface area (Å²) in [5.41, 5.74) is 0.997. The molecule has 0 saturated heterocycles. The minimum absolute atomic E-state index is 0.498. The molecule has 0 N–H and O–H groups in total. The monoisotopic (exact) mass is 196 g/mol. The third-order valence-corrected chi connectivity index (χ3v) is 3.99. The molecule has 0 aliphatic heterocycles. The van der Waals surface area contributed by atoms with E-state index in [4.69, 9.17) is 0 Å². The van der Waals surface area contributed by atoms with Crippen molar-refractivity contribution in [1.29, 1.82) is 0 Å². The standard InChI is InChI=1S/C14H28/c1-13(2,3)11-9-7-8-10-12(11)14(4,5)6/h11-12H,7-10H2,1-6H3/t11-,12?/m1/s1. The highest BCUT2D eigenvalue weighted by Gasteiger charge is 2.39.